The third kappa shape index (κ3) is 6.63. The van der Waals surface area contributed by atoms with E-state index in [1.54, 1.807) is 19.3 Å². The SMILES string of the molecule is CCN(Cc1cc(CNC(C)C)co1)CC(F)(F)F. The number of alkyl halides is 3. The third-order valence-electron chi connectivity index (χ3n) is 2.65. The second kappa shape index (κ2) is 6.96. The van der Waals surface area contributed by atoms with Crippen LogP contribution in [0.2, 0.25) is 0 Å². The predicted octanol–water partition coefficient (Wildman–Crippen LogP) is 3.16. The van der Waals surface area contributed by atoms with E-state index in [1.807, 2.05) is 13.8 Å². The Morgan fingerprint density at radius 2 is 2.05 bits per heavy atom. The van der Waals surface area contributed by atoms with Crippen LogP contribution in [0.5, 0.6) is 0 Å². The maximum atomic E-state index is 12.3. The zero-order valence-corrected chi connectivity index (χ0v) is 11.5. The summed E-state index contributed by atoms with van der Waals surface area (Å²) in [5.41, 5.74) is 0.951. The molecule has 0 aliphatic heterocycles. The average Bonchev–Trinajstić information content (AvgIpc) is 2.71. The monoisotopic (exact) mass is 278 g/mol. The number of hydrogen-bond donors (Lipinski definition) is 1. The summed E-state index contributed by atoms with van der Waals surface area (Å²) in [4.78, 5) is 1.30. The highest BCUT2D eigenvalue weighted by Crippen LogP contribution is 2.18. The smallest absolute Gasteiger partial charge is 0.401 e. The molecule has 3 nitrogen and oxygen atoms in total. The first-order valence-electron chi connectivity index (χ1n) is 6.39. The summed E-state index contributed by atoms with van der Waals surface area (Å²) in [7, 11) is 0. The largest absolute Gasteiger partial charge is 0.468 e. The summed E-state index contributed by atoms with van der Waals surface area (Å²) >= 11 is 0. The minimum absolute atomic E-state index is 0.178. The van der Waals surface area contributed by atoms with E-state index in [2.05, 4.69) is 5.32 Å². The quantitative estimate of drug-likeness (QED) is 0.830. The fourth-order valence-electron chi connectivity index (χ4n) is 1.68. The van der Waals surface area contributed by atoms with Gasteiger partial charge in [0.2, 0.25) is 0 Å². The molecule has 0 spiro atoms. The summed E-state index contributed by atoms with van der Waals surface area (Å²) < 4.78 is 42.3. The molecule has 0 aliphatic carbocycles. The summed E-state index contributed by atoms with van der Waals surface area (Å²) in [6.07, 6.45) is -2.59. The molecule has 0 amide bonds. The van der Waals surface area contributed by atoms with Crippen LogP contribution in [0.15, 0.2) is 16.7 Å². The normalized spacial score (nSPS) is 12.6. The van der Waals surface area contributed by atoms with Crippen molar-refractivity contribution in [3.05, 3.63) is 23.7 Å². The van der Waals surface area contributed by atoms with E-state index in [9.17, 15) is 13.2 Å². The molecule has 0 atom stereocenters. The van der Waals surface area contributed by atoms with Crippen molar-refractivity contribution in [3.8, 4) is 0 Å². The van der Waals surface area contributed by atoms with Gasteiger partial charge in [-0.25, -0.2) is 0 Å². The molecule has 0 aliphatic rings. The zero-order chi connectivity index (χ0) is 14.5. The summed E-state index contributed by atoms with van der Waals surface area (Å²) in [5, 5.41) is 3.23. The first-order valence-corrected chi connectivity index (χ1v) is 6.39. The van der Waals surface area contributed by atoms with Crippen molar-refractivity contribution in [3.63, 3.8) is 0 Å². The van der Waals surface area contributed by atoms with Gasteiger partial charge in [0.15, 0.2) is 0 Å². The Hall–Kier alpha value is -1.01. The molecule has 19 heavy (non-hydrogen) atoms. The van der Waals surface area contributed by atoms with Gasteiger partial charge >= 0.3 is 6.18 Å². The topological polar surface area (TPSA) is 28.4 Å². The van der Waals surface area contributed by atoms with E-state index in [0.29, 0.717) is 24.9 Å². The highest BCUT2D eigenvalue weighted by molar-refractivity contribution is 5.12. The van der Waals surface area contributed by atoms with Gasteiger partial charge < -0.3 is 9.73 Å². The van der Waals surface area contributed by atoms with Crippen molar-refractivity contribution in [2.45, 2.75) is 46.1 Å². The molecule has 1 aromatic heterocycles. The second-order valence-corrected chi connectivity index (χ2v) is 4.88. The molecule has 0 bridgehead atoms. The first-order chi connectivity index (χ1) is 8.80. The molecule has 1 N–H and O–H groups in total. The van der Waals surface area contributed by atoms with Crippen molar-refractivity contribution < 1.29 is 17.6 Å². The number of hydrogen-bond acceptors (Lipinski definition) is 3. The lowest BCUT2D eigenvalue weighted by molar-refractivity contribution is -0.147. The van der Waals surface area contributed by atoms with Crippen LogP contribution < -0.4 is 5.32 Å². The lowest BCUT2D eigenvalue weighted by Crippen LogP contribution is -2.33. The second-order valence-electron chi connectivity index (χ2n) is 4.88. The van der Waals surface area contributed by atoms with Gasteiger partial charge in [0, 0.05) is 18.2 Å². The minimum Gasteiger partial charge on any atom is -0.468 e. The van der Waals surface area contributed by atoms with Crippen LogP contribution in [0.25, 0.3) is 0 Å². The molecule has 0 aromatic carbocycles. The van der Waals surface area contributed by atoms with E-state index in [0.717, 1.165) is 5.56 Å². The van der Waals surface area contributed by atoms with Gasteiger partial charge in [-0.3, -0.25) is 4.90 Å². The molecule has 6 heteroatoms. The molecule has 1 heterocycles. The maximum Gasteiger partial charge on any atom is 0.401 e. The van der Waals surface area contributed by atoms with E-state index in [-0.39, 0.29) is 6.54 Å². The van der Waals surface area contributed by atoms with Gasteiger partial charge in [-0.05, 0) is 12.6 Å². The average molecular weight is 278 g/mol. The molecule has 0 fully saturated rings. The Bertz CT molecular complexity index is 374. The number of furan rings is 1. The van der Waals surface area contributed by atoms with E-state index in [1.165, 1.54) is 4.90 Å². The summed E-state index contributed by atoms with van der Waals surface area (Å²) in [6, 6.07) is 2.16. The van der Waals surface area contributed by atoms with Crippen molar-refractivity contribution in [2.75, 3.05) is 13.1 Å². The lowest BCUT2D eigenvalue weighted by Gasteiger charge is -2.20. The van der Waals surface area contributed by atoms with Gasteiger partial charge in [-0.2, -0.15) is 13.2 Å². The summed E-state index contributed by atoms with van der Waals surface area (Å²) in [5.74, 6) is 0.562. The number of nitrogens with zero attached hydrogens (tertiary/aromatic N) is 1. The van der Waals surface area contributed by atoms with Gasteiger partial charge in [0.05, 0.1) is 19.4 Å². The van der Waals surface area contributed by atoms with Crippen LogP contribution in [0.3, 0.4) is 0 Å². The van der Waals surface area contributed by atoms with Crippen LogP contribution in [0.1, 0.15) is 32.1 Å². The summed E-state index contributed by atoms with van der Waals surface area (Å²) in [6.45, 7) is 6.02. The van der Waals surface area contributed by atoms with Gasteiger partial charge in [0.1, 0.15) is 5.76 Å². The Morgan fingerprint density at radius 1 is 1.37 bits per heavy atom. The molecule has 0 saturated carbocycles. The number of nitrogens with one attached hydrogen (secondary N) is 1. The molecule has 0 radical (unpaired) electrons. The van der Waals surface area contributed by atoms with Crippen LogP contribution in [0.4, 0.5) is 13.2 Å². The molecule has 1 rings (SSSR count). The zero-order valence-electron chi connectivity index (χ0n) is 11.5. The Labute approximate surface area is 111 Å². The number of halogens is 3. The van der Waals surface area contributed by atoms with E-state index < -0.39 is 12.7 Å². The highest BCUT2D eigenvalue weighted by atomic mass is 19.4. The van der Waals surface area contributed by atoms with Crippen LogP contribution in [-0.2, 0) is 13.1 Å². The first kappa shape index (κ1) is 16.0. The van der Waals surface area contributed by atoms with Crippen molar-refractivity contribution >= 4 is 0 Å². The van der Waals surface area contributed by atoms with E-state index >= 15 is 0 Å². The fourth-order valence-corrected chi connectivity index (χ4v) is 1.68. The molecular weight excluding hydrogens is 257 g/mol. The van der Waals surface area contributed by atoms with Crippen molar-refractivity contribution in [1.82, 2.24) is 10.2 Å². The molecule has 1 aromatic rings. The third-order valence-corrected chi connectivity index (χ3v) is 2.65. The fraction of sp³-hybridized carbons (Fsp3) is 0.692. The molecule has 110 valence electrons. The highest BCUT2D eigenvalue weighted by Gasteiger charge is 2.30. The minimum atomic E-state index is -4.18. The van der Waals surface area contributed by atoms with Gasteiger partial charge in [-0.15, -0.1) is 0 Å². The van der Waals surface area contributed by atoms with Crippen molar-refractivity contribution in [1.29, 1.82) is 0 Å². The lowest BCUT2D eigenvalue weighted by atomic mass is 10.2. The van der Waals surface area contributed by atoms with Gasteiger partial charge in [0.25, 0.3) is 0 Å². The predicted molar refractivity (Wildman–Crippen MR) is 67.7 cm³/mol. The number of rotatable bonds is 7. The van der Waals surface area contributed by atoms with Gasteiger partial charge in [-0.1, -0.05) is 20.8 Å². The Morgan fingerprint density at radius 3 is 2.58 bits per heavy atom. The molecule has 0 saturated heterocycles. The Balaban J connectivity index is 2.51. The maximum absolute atomic E-state index is 12.3. The molecular formula is C13H21F3N2O. The standard InChI is InChI=1S/C13H21F3N2O/c1-4-18(9-13(14,15)16)7-12-5-11(8-19-12)6-17-10(2)3/h5,8,10,17H,4,6-7,9H2,1-3H3. The van der Waals surface area contributed by atoms with Crippen molar-refractivity contribution in [2.24, 2.45) is 0 Å². The van der Waals surface area contributed by atoms with Crippen LogP contribution >= 0.6 is 0 Å². The van der Waals surface area contributed by atoms with Crippen LogP contribution in [-0.4, -0.2) is 30.2 Å². The Kier molecular flexibility index (Phi) is 5.87. The molecule has 0 unspecified atom stereocenters. The van der Waals surface area contributed by atoms with Crippen LogP contribution in [0, 0.1) is 0 Å². The van der Waals surface area contributed by atoms with E-state index in [4.69, 9.17) is 4.42 Å².